The molecule has 14 heavy (non-hydrogen) atoms. The highest BCUT2D eigenvalue weighted by Gasteiger charge is 2.10. The van der Waals surface area contributed by atoms with Crippen molar-refractivity contribution in [3.05, 3.63) is 38.7 Å². The van der Waals surface area contributed by atoms with Crippen LogP contribution >= 0.6 is 15.9 Å². The Balaban J connectivity index is 3.06. The van der Waals surface area contributed by atoms with Crippen molar-refractivity contribution in [1.29, 1.82) is 0 Å². The summed E-state index contributed by atoms with van der Waals surface area (Å²) in [7, 11) is 0. The number of halogens is 1. The van der Waals surface area contributed by atoms with Crippen molar-refractivity contribution in [2.75, 3.05) is 0 Å². The first-order chi connectivity index (χ1) is 6.61. The Morgan fingerprint density at radius 1 is 1.43 bits per heavy atom. The molecule has 1 N–H and O–H groups in total. The summed E-state index contributed by atoms with van der Waals surface area (Å²) in [6.07, 6.45) is 0. The van der Waals surface area contributed by atoms with Gasteiger partial charge in [0.1, 0.15) is 0 Å². The summed E-state index contributed by atoms with van der Waals surface area (Å²) in [5, 5.41) is 10.2. The topological polar surface area (TPSA) is 50.4 Å². The molecule has 0 aliphatic heterocycles. The van der Waals surface area contributed by atoms with Crippen molar-refractivity contribution in [2.24, 2.45) is 0 Å². The van der Waals surface area contributed by atoms with Crippen LogP contribution in [0.2, 0.25) is 0 Å². The lowest BCUT2D eigenvalue weighted by Crippen LogP contribution is -2.03. The van der Waals surface area contributed by atoms with Gasteiger partial charge in [-0.2, -0.15) is 0 Å². The highest BCUT2D eigenvalue weighted by molar-refractivity contribution is 9.10. The van der Waals surface area contributed by atoms with Gasteiger partial charge in [0.25, 0.3) is 0 Å². The van der Waals surface area contributed by atoms with Gasteiger partial charge in [0.15, 0.2) is 11.3 Å². The second-order valence-corrected chi connectivity index (χ2v) is 3.78. The van der Waals surface area contributed by atoms with Crippen molar-refractivity contribution in [3.63, 3.8) is 0 Å². The van der Waals surface area contributed by atoms with E-state index in [9.17, 15) is 9.90 Å². The second kappa shape index (κ2) is 3.13. The summed E-state index contributed by atoms with van der Waals surface area (Å²) in [5.74, 6) is -0.0275. The summed E-state index contributed by atoms with van der Waals surface area (Å²) in [5.41, 5.74) is 0.281. The maximum atomic E-state index is 11.3. The number of rotatable bonds is 0. The maximum Gasteiger partial charge on any atom is 0.340 e. The quantitative estimate of drug-likeness (QED) is 0.736. The van der Waals surface area contributed by atoms with Crippen molar-refractivity contribution in [3.8, 4) is 5.75 Å². The van der Waals surface area contributed by atoms with Crippen LogP contribution in [0, 0.1) is 6.92 Å². The average Bonchev–Trinajstić information content (AvgIpc) is 2.17. The van der Waals surface area contributed by atoms with Gasteiger partial charge in [-0.05, 0) is 35.0 Å². The van der Waals surface area contributed by atoms with E-state index in [1.165, 1.54) is 6.07 Å². The fourth-order valence-electron chi connectivity index (χ4n) is 1.27. The zero-order valence-electron chi connectivity index (χ0n) is 7.37. The molecule has 72 valence electrons. The molecule has 0 bridgehead atoms. The molecule has 0 atom stereocenters. The fraction of sp³-hybridized carbons (Fsp3) is 0.100. The molecule has 2 aromatic rings. The first-order valence-electron chi connectivity index (χ1n) is 4.02. The summed E-state index contributed by atoms with van der Waals surface area (Å²) >= 11 is 3.29. The predicted octanol–water partition coefficient (Wildman–Crippen LogP) is 2.57. The van der Waals surface area contributed by atoms with Crippen LogP contribution in [-0.4, -0.2) is 5.11 Å². The number of hydrogen-bond acceptors (Lipinski definition) is 3. The largest absolute Gasteiger partial charge is 0.504 e. The Kier molecular flexibility index (Phi) is 2.07. The number of para-hydroxylation sites is 1. The Morgan fingerprint density at radius 2 is 2.14 bits per heavy atom. The third-order valence-corrected chi connectivity index (χ3v) is 3.08. The van der Waals surface area contributed by atoms with Crippen molar-refractivity contribution in [1.82, 2.24) is 0 Å². The van der Waals surface area contributed by atoms with Crippen LogP contribution in [0.1, 0.15) is 5.56 Å². The van der Waals surface area contributed by atoms with Gasteiger partial charge in [0, 0.05) is 15.4 Å². The van der Waals surface area contributed by atoms with Gasteiger partial charge in [-0.3, -0.25) is 0 Å². The van der Waals surface area contributed by atoms with Gasteiger partial charge >= 0.3 is 5.63 Å². The molecule has 0 aliphatic carbocycles. The lowest BCUT2D eigenvalue weighted by atomic mass is 10.2. The molecular weight excluding hydrogens is 248 g/mol. The number of hydrogen-bond donors (Lipinski definition) is 1. The molecule has 0 fully saturated rings. The summed E-state index contributed by atoms with van der Waals surface area (Å²) in [6.45, 7) is 1.67. The van der Waals surface area contributed by atoms with Gasteiger partial charge in [0.2, 0.25) is 0 Å². The van der Waals surface area contributed by atoms with E-state index in [0.717, 1.165) is 0 Å². The van der Waals surface area contributed by atoms with Crippen molar-refractivity contribution in [2.45, 2.75) is 6.92 Å². The molecule has 0 aliphatic rings. The minimum absolute atomic E-state index is 0.0275. The number of phenolic OH excluding ortho intramolecular Hbond substituents is 1. The third kappa shape index (κ3) is 1.23. The molecule has 0 radical (unpaired) electrons. The molecule has 3 nitrogen and oxygen atoms in total. The smallest absolute Gasteiger partial charge is 0.340 e. The van der Waals surface area contributed by atoms with E-state index in [2.05, 4.69) is 15.9 Å². The standard InChI is InChI=1S/C10H7BrO3/c1-5-8(11)6-3-2-4-7(12)9(6)14-10(5)13/h2-4,12H,1H3. The molecule has 0 spiro atoms. The SMILES string of the molecule is Cc1c(Br)c2cccc(O)c2oc1=O. The molecular formula is C10H7BrO3. The number of phenols is 1. The summed E-state index contributed by atoms with van der Waals surface area (Å²) in [4.78, 5) is 11.3. The first kappa shape index (κ1) is 9.27. The third-order valence-electron chi connectivity index (χ3n) is 2.06. The van der Waals surface area contributed by atoms with E-state index in [1.807, 2.05) is 0 Å². The highest BCUT2D eigenvalue weighted by Crippen LogP contribution is 2.30. The van der Waals surface area contributed by atoms with Crippen LogP contribution in [0.5, 0.6) is 5.75 Å². The molecule has 1 aromatic heterocycles. The number of aromatic hydroxyl groups is 1. The molecule has 0 amide bonds. The Hall–Kier alpha value is -1.29. The molecule has 1 heterocycles. The molecule has 1 aromatic carbocycles. The van der Waals surface area contributed by atoms with Gasteiger partial charge < -0.3 is 9.52 Å². The van der Waals surface area contributed by atoms with E-state index in [1.54, 1.807) is 19.1 Å². The van der Waals surface area contributed by atoms with Crippen molar-refractivity contribution < 1.29 is 9.52 Å². The summed E-state index contributed by atoms with van der Waals surface area (Å²) < 4.78 is 5.63. The van der Waals surface area contributed by atoms with E-state index in [-0.39, 0.29) is 11.3 Å². The van der Waals surface area contributed by atoms with Crippen LogP contribution in [-0.2, 0) is 0 Å². The molecule has 2 rings (SSSR count). The molecule has 4 heteroatoms. The zero-order valence-corrected chi connectivity index (χ0v) is 8.96. The Morgan fingerprint density at radius 3 is 2.86 bits per heavy atom. The van der Waals surface area contributed by atoms with Crippen LogP contribution in [0.4, 0.5) is 0 Å². The van der Waals surface area contributed by atoms with E-state index < -0.39 is 5.63 Å². The van der Waals surface area contributed by atoms with E-state index >= 15 is 0 Å². The Bertz CT molecular complexity index is 557. The van der Waals surface area contributed by atoms with Crippen LogP contribution in [0.3, 0.4) is 0 Å². The van der Waals surface area contributed by atoms with E-state index in [0.29, 0.717) is 15.4 Å². The summed E-state index contributed by atoms with van der Waals surface area (Å²) in [6, 6.07) is 4.95. The van der Waals surface area contributed by atoms with E-state index in [4.69, 9.17) is 4.42 Å². The number of fused-ring (bicyclic) bond motifs is 1. The van der Waals surface area contributed by atoms with Gasteiger partial charge in [-0.1, -0.05) is 6.07 Å². The lowest BCUT2D eigenvalue weighted by molar-refractivity contribution is 0.456. The predicted molar refractivity (Wildman–Crippen MR) is 56.6 cm³/mol. The Labute approximate surface area is 88.1 Å². The molecule has 0 saturated heterocycles. The first-order valence-corrected chi connectivity index (χ1v) is 4.81. The van der Waals surface area contributed by atoms with Crippen LogP contribution in [0.15, 0.2) is 31.9 Å². The average molecular weight is 255 g/mol. The lowest BCUT2D eigenvalue weighted by Gasteiger charge is -2.02. The van der Waals surface area contributed by atoms with Gasteiger partial charge in [-0.25, -0.2) is 4.79 Å². The normalized spacial score (nSPS) is 10.7. The monoisotopic (exact) mass is 254 g/mol. The molecule has 0 saturated carbocycles. The highest BCUT2D eigenvalue weighted by atomic mass is 79.9. The molecule has 0 unspecified atom stereocenters. The fourth-order valence-corrected chi connectivity index (χ4v) is 1.74. The van der Waals surface area contributed by atoms with Crippen LogP contribution < -0.4 is 5.63 Å². The van der Waals surface area contributed by atoms with Crippen LogP contribution in [0.25, 0.3) is 11.0 Å². The zero-order chi connectivity index (χ0) is 10.3. The maximum absolute atomic E-state index is 11.3. The van der Waals surface area contributed by atoms with Crippen molar-refractivity contribution >= 4 is 26.9 Å². The number of benzene rings is 1. The minimum atomic E-state index is -0.439. The second-order valence-electron chi connectivity index (χ2n) is 2.98. The minimum Gasteiger partial charge on any atom is -0.504 e. The van der Waals surface area contributed by atoms with Gasteiger partial charge in [0.05, 0.1) is 0 Å². The van der Waals surface area contributed by atoms with Gasteiger partial charge in [-0.15, -0.1) is 0 Å².